The van der Waals surface area contributed by atoms with Gasteiger partial charge in [0.05, 0.1) is 6.61 Å². The number of amides is 2. The van der Waals surface area contributed by atoms with Crippen LogP contribution < -0.4 is 10.1 Å². The number of carbonyl (C=O) groups is 3. The van der Waals surface area contributed by atoms with Crippen LogP contribution in [0.15, 0.2) is 24.3 Å². The lowest BCUT2D eigenvalue weighted by Gasteiger charge is -2.32. The molecule has 0 radical (unpaired) electrons. The van der Waals surface area contributed by atoms with Crippen molar-refractivity contribution in [2.75, 3.05) is 19.7 Å². The summed E-state index contributed by atoms with van der Waals surface area (Å²) in [6, 6.07) is 6.61. The predicted molar refractivity (Wildman–Crippen MR) is 96.1 cm³/mol. The second kappa shape index (κ2) is 9.79. The van der Waals surface area contributed by atoms with Crippen molar-refractivity contribution in [3.8, 4) is 5.75 Å². The van der Waals surface area contributed by atoms with Crippen LogP contribution in [0.5, 0.6) is 5.75 Å². The lowest BCUT2D eigenvalue weighted by Crippen LogP contribution is -2.46. The molecule has 0 spiro atoms. The molecule has 2 amide bonds. The van der Waals surface area contributed by atoms with Crippen LogP contribution in [0.2, 0.25) is 0 Å². The lowest BCUT2D eigenvalue weighted by atomic mass is 10.0. The third kappa shape index (κ3) is 6.06. The molecule has 7 nitrogen and oxygen atoms in total. The van der Waals surface area contributed by atoms with Crippen LogP contribution in [0.25, 0.3) is 0 Å². The van der Waals surface area contributed by atoms with Crippen LogP contribution in [-0.2, 0) is 9.53 Å². The number of piperidine rings is 1. The Balaban J connectivity index is 1.82. The van der Waals surface area contributed by atoms with Gasteiger partial charge in [-0.1, -0.05) is 19.4 Å². The third-order valence-corrected chi connectivity index (χ3v) is 4.18. The van der Waals surface area contributed by atoms with Crippen molar-refractivity contribution in [3.05, 3.63) is 29.8 Å². The summed E-state index contributed by atoms with van der Waals surface area (Å²) < 4.78 is 10.1. The monoisotopic (exact) mass is 362 g/mol. The Bertz CT molecular complexity index is 639. The van der Waals surface area contributed by atoms with E-state index in [4.69, 9.17) is 9.47 Å². The van der Waals surface area contributed by atoms with Crippen molar-refractivity contribution in [1.29, 1.82) is 0 Å². The number of benzene rings is 1. The molecule has 2 rings (SSSR count). The van der Waals surface area contributed by atoms with Gasteiger partial charge in [-0.15, -0.1) is 0 Å². The standard InChI is InChI=1S/C19H26N2O5/c1-3-4-12-25-19(24)20-16-8-10-21(11-9-16)18(23)15-6-5-7-17(13-15)26-14(2)22/h5-7,13,16H,3-4,8-12H2,1-2H3,(H,20,24). The number of nitrogens with one attached hydrogen (secondary N) is 1. The van der Waals surface area contributed by atoms with Gasteiger partial charge in [-0.25, -0.2) is 4.79 Å². The average Bonchev–Trinajstić information content (AvgIpc) is 2.61. The number of alkyl carbamates (subject to hydrolysis) is 1. The highest BCUT2D eigenvalue weighted by atomic mass is 16.5. The summed E-state index contributed by atoms with van der Waals surface area (Å²) in [4.78, 5) is 37.1. The molecule has 1 fully saturated rings. The van der Waals surface area contributed by atoms with Crippen molar-refractivity contribution in [3.63, 3.8) is 0 Å². The maximum atomic E-state index is 12.6. The number of rotatable bonds is 6. The Morgan fingerprint density at radius 1 is 1.23 bits per heavy atom. The first-order valence-corrected chi connectivity index (χ1v) is 9.00. The number of esters is 1. The molecule has 26 heavy (non-hydrogen) atoms. The van der Waals surface area contributed by atoms with Crippen LogP contribution in [0.4, 0.5) is 4.79 Å². The van der Waals surface area contributed by atoms with E-state index in [0.29, 0.717) is 43.9 Å². The molecular formula is C19H26N2O5. The van der Waals surface area contributed by atoms with E-state index in [0.717, 1.165) is 12.8 Å². The molecule has 1 N–H and O–H groups in total. The first kappa shape index (κ1) is 19.8. The Labute approximate surface area is 153 Å². The Kier molecular flexibility index (Phi) is 7.44. The van der Waals surface area contributed by atoms with Gasteiger partial charge in [0.25, 0.3) is 5.91 Å². The molecule has 1 aromatic carbocycles. The van der Waals surface area contributed by atoms with Crippen molar-refractivity contribution < 1.29 is 23.9 Å². The fraction of sp³-hybridized carbons (Fsp3) is 0.526. The second-order valence-corrected chi connectivity index (χ2v) is 6.32. The van der Waals surface area contributed by atoms with E-state index in [1.807, 2.05) is 6.92 Å². The highest BCUT2D eigenvalue weighted by molar-refractivity contribution is 5.94. The van der Waals surface area contributed by atoms with Gasteiger partial charge in [0.1, 0.15) is 5.75 Å². The second-order valence-electron chi connectivity index (χ2n) is 6.32. The zero-order valence-electron chi connectivity index (χ0n) is 15.3. The van der Waals surface area contributed by atoms with Crippen molar-refractivity contribution in [2.45, 2.75) is 45.6 Å². The quantitative estimate of drug-likeness (QED) is 0.478. The minimum atomic E-state index is -0.424. The van der Waals surface area contributed by atoms with Crippen molar-refractivity contribution >= 4 is 18.0 Å². The van der Waals surface area contributed by atoms with E-state index >= 15 is 0 Å². The molecule has 1 heterocycles. The van der Waals surface area contributed by atoms with Crippen LogP contribution in [0.3, 0.4) is 0 Å². The van der Waals surface area contributed by atoms with Gasteiger partial charge >= 0.3 is 12.1 Å². The average molecular weight is 362 g/mol. The fourth-order valence-electron chi connectivity index (χ4n) is 2.79. The third-order valence-electron chi connectivity index (χ3n) is 4.18. The van der Waals surface area contributed by atoms with E-state index in [-0.39, 0.29) is 11.9 Å². The van der Waals surface area contributed by atoms with Crippen LogP contribution >= 0.6 is 0 Å². The van der Waals surface area contributed by atoms with Crippen LogP contribution in [-0.4, -0.2) is 48.6 Å². The zero-order chi connectivity index (χ0) is 18.9. The van der Waals surface area contributed by atoms with Gasteiger partial charge in [0.2, 0.25) is 0 Å². The molecule has 142 valence electrons. The number of hydrogen-bond acceptors (Lipinski definition) is 5. The van der Waals surface area contributed by atoms with Gasteiger partial charge in [-0.05, 0) is 37.5 Å². The summed E-state index contributed by atoms with van der Waals surface area (Å²) in [6.45, 7) is 4.89. The van der Waals surface area contributed by atoms with Gasteiger partial charge in [0, 0.05) is 31.6 Å². The molecule has 0 atom stereocenters. The zero-order valence-corrected chi connectivity index (χ0v) is 15.3. The molecule has 0 aromatic heterocycles. The van der Waals surface area contributed by atoms with Gasteiger partial charge in [0.15, 0.2) is 0 Å². The first-order chi connectivity index (χ1) is 12.5. The number of hydrogen-bond donors (Lipinski definition) is 1. The summed E-state index contributed by atoms with van der Waals surface area (Å²) in [5.41, 5.74) is 0.481. The van der Waals surface area contributed by atoms with Gasteiger partial charge in [-0.2, -0.15) is 0 Å². The van der Waals surface area contributed by atoms with Gasteiger partial charge < -0.3 is 19.7 Å². The molecule has 0 saturated carbocycles. The minimum absolute atomic E-state index is 0.0144. The molecule has 7 heteroatoms. The summed E-state index contributed by atoms with van der Waals surface area (Å²) in [7, 11) is 0. The molecule has 0 unspecified atom stereocenters. The molecule has 1 aromatic rings. The summed E-state index contributed by atoms with van der Waals surface area (Å²) >= 11 is 0. The van der Waals surface area contributed by atoms with Crippen molar-refractivity contribution in [2.24, 2.45) is 0 Å². The summed E-state index contributed by atoms with van der Waals surface area (Å²) in [6.07, 6.45) is 2.80. The number of likely N-dealkylation sites (tertiary alicyclic amines) is 1. The highest BCUT2D eigenvalue weighted by Crippen LogP contribution is 2.18. The summed E-state index contributed by atoms with van der Waals surface area (Å²) in [5.74, 6) is -0.176. The van der Waals surface area contributed by atoms with Crippen molar-refractivity contribution in [1.82, 2.24) is 10.2 Å². The van der Waals surface area contributed by atoms with E-state index in [1.165, 1.54) is 6.92 Å². The van der Waals surface area contributed by atoms with E-state index < -0.39 is 12.1 Å². The SMILES string of the molecule is CCCCOC(=O)NC1CCN(C(=O)c2cccc(OC(C)=O)c2)CC1. The van der Waals surface area contributed by atoms with Crippen LogP contribution in [0, 0.1) is 0 Å². The number of carbonyl (C=O) groups excluding carboxylic acids is 3. The highest BCUT2D eigenvalue weighted by Gasteiger charge is 2.25. The Morgan fingerprint density at radius 2 is 1.96 bits per heavy atom. The Morgan fingerprint density at radius 3 is 2.62 bits per heavy atom. The molecular weight excluding hydrogens is 336 g/mol. The Hall–Kier alpha value is -2.57. The molecule has 1 saturated heterocycles. The maximum Gasteiger partial charge on any atom is 0.407 e. The molecule has 1 aliphatic rings. The van der Waals surface area contributed by atoms with Gasteiger partial charge in [-0.3, -0.25) is 9.59 Å². The first-order valence-electron chi connectivity index (χ1n) is 9.00. The smallest absolute Gasteiger partial charge is 0.407 e. The topological polar surface area (TPSA) is 84.9 Å². The lowest BCUT2D eigenvalue weighted by molar-refractivity contribution is -0.131. The minimum Gasteiger partial charge on any atom is -0.450 e. The van der Waals surface area contributed by atoms with E-state index in [9.17, 15) is 14.4 Å². The van der Waals surface area contributed by atoms with Crippen LogP contribution in [0.1, 0.15) is 49.9 Å². The fourth-order valence-corrected chi connectivity index (χ4v) is 2.79. The number of unbranched alkanes of at least 4 members (excludes halogenated alkanes) is 1. The van der Waals surface area contributed by atoms with E-state index in [2.05, 4.69) is 5.32 Å². The number of ether oxygens (including phenoxy) is 2. The largest absolute Gasteiger partial charge is 0.450 e. The van der Waals surface area contributed by atoms with E-state index in [1.54, 1.807) is 29.2 Å². The molecule has 0 bridgehead atoms. The predicted octanol–water partition coefficient (Wildman–Crippen LogP) is 2.74. The normalized spacial score (nSPS) is 14.6. The molecule has 0 aliphatic carbocycles. The maximum absolute atomic E-state index is 12.6. The number of nitrogens with zero attached hydrogens (tertiary/aromatic N) is 1. The summed E-state index contributed by atoms with van der Waals surface area (Å²) in [5, 5.41) is 2.85. The molecule has 1 aliphatic heterocycles.